The van der Waals surface area contributed by atoms with Crippen LogP contribution in [0.4, 0.5) is 0 Å². The average molecular weight is 233 g/mol. The van der Waals surface area contributed by atoms with E-state index < -0.39 is 0 Å². The number of nitriles is 1. The minimum absolute atomic E-state index is 0.134. The lowest BCUT2D eigenvalue weighted by Gasteiger charge is -2.04. The summed E-state index contributed by atoms with van der Waals surface area (Å²) in [5.41, 5.74) is 1.28. The Labute approximate surface area is 101 Å². The first-order chi connectivity index (χ1) is 7.63. The van der Waals surface area contributed by atoms with Crippen LogP contribution in [0.5, 0.6) is 0 Å². The number of nitrogens with zero attached hydrogens (tertiary/aromatic N) is 1. The highest BCUT2D eigenvalue weighted by Crippen LogP contribution is 2.11. The third kappa shape index (κ3) is 4.08. The molecule has 1 aromatic carbocycles. The van der Waals surface area contributed by atoms with Gasteiger partial charge < -0.3 is 0 Å². The fourth-order valence-corrected chi connectivity index (χ4v) is 2.14. The van der Waals surface area contributed by atoms with E-state index in [1.807, 2.05) is 6.07 Å². The van der Waals surface area contributed by atoms with Gasteiger partial charge in [-0.2, -0.15) is 17.0 Å². The molecule has 0 spiro atoms. The molecule has 2 nitrogen and oxygen atoms in total. The molecular weight excluding hydrogens is 218 g/mol. The fraction of sp³-hybridized carbons (Fsp3) is 0.385. The van der Waals surface area contributed by atoms with Crippen molar-refractivity contribution in [2.45, 2.75) is 13.8 Å². The Morgan fingerprint density at radius 3 is 2.50 bits per heavy atom. The topological polar surface area (TPSA) is 40.9 Å². The number of ketones is 1. The molecule has 0 atom stereocenters. The van der Waals surface area contributed by atoms with E-state index in [1.54, 1.807) is 36.0 Å². The van der Waals surface area contributed by atoms with Crippen molar-refractivity contribution in [2.75, 3.05) is 11.5 Å². The molecule has 0 amide bonds. The Bertz CT molecular complexity index is 389. The van der Waals surface area contributed by atoms with Gasteiger partial charge in [-0.25, -0.2) is 0 Å². The number of hydrogen-bond acceptors (Lipinski definition) is 3. The monoisotopic (exact) mass is 233 g/mol. The van der Waals surface area contributed by atoms with E-state index in [0.717, 1.165) is 5.75 Å². The summed E-state index contributed by atoms with van der Waals surface area (Å²) in [7, 11) is 0. The lowest BCUT2D eigenvalue weighted by molar-refractivity contribution is 0.102. The summed E-state index contributed by atoms with van der Waals surface area (Å²) in [4.78, 5) is 11.7. The van der Waals surface area contributed by atoms with Crippen LogP contribution in [0.1, 0.15) is 29.8 Å². The van der Waals surface area contributed by atoms with E-state index >= 15 is 0 Å². The number of thioether (sulfide) groups is 1. The summed E-state index contributed by atoms with van der Waals surface area (Å²) in [5, 5.41) is 8.63. The van der Waals surface area contributed by atoms with E-state index in [-0.39, 0.29) is 5.78 Å². The van der Waals surface area contributed by atoms with Crippen molar-refractivity contribution in [3.63, 3.8) is 0 Å². The molecule has 84 valence electrons. The molecule has 0 bridgehead atoms. The number of hydrogen-bond donors (Lipinski definition) is 0. The van der Waals surface area contributed by atoms with E-state index in [2.05, 4.69) is 13.8 Å². The Morgan fingerprint density at radius 1 is 1.38 bits per heavy atom. The maximum atomic E-state index is 11.7. The van der Waals surface area contributed by atoms with Crippen molar-refractivity contribution in [3.05, 3.63) is 35.4 Å². The predicted molar refractivity (Wildman–Crippen MR) is 67.7 cm³/mol. The van der Waals surface area contributed by atoms with E-state index in [9.17, 15) is 4.79 Å². The normalized spacial score (nSPS) is 10.1. The van der Waals surface area contributed by atoms with Crippen LogP contribution >= 0.6 is 11.8 Å². The first kappa shape index (κ1) is 12.8. The lowest BCUT2D eigenvalue weighted by atomic mass is 10.1. The van der Waals surface area contributed by atoms with Crippen LogP contribution in [0.15, 0.2) is 24.3 Å². The fourth-order valence-electron chi connectivity index (χ4n) is 1.20. The van der Waals surface area contributed by atoms with Crippen molar-refractivity contribution in [1.82, 2.24) is 0 Å². The molecule has 0 N–H and O–H groups in total. The molecule has 0 aliphatic carbocycles. The van der Waals surface area contributed by atoms with Crippen molar-refractivity contribution < 1.29 is 4.79 Å². The maximum absolute atomic E-state index is 11.7. The van der Waals surface area contributed by atoms with E-state index in [1.165, 1.54) is 0 Å². The Balaban J connectivity index is 2.50. The highest BCUT2D eigenvalue weighted by Gasteiger charge is 2.06. The highest BCUT2D eigenvalue weighted by atomic mass is 32.2. The number of rotatable bonds is 5. The van der Waals surface area contributed by atoms with Crippen LogP contribution in [-0.4, -0.2) is 17.3 Å². The van der Waals surface area contributed by atoms with Gasteiger partial charge in [-0.15, -0.1) is 0 Å². The van der Waals surface area contributed by atoms with Crippen LogP contribution in [0.2, 0.25) is 0 Å². The Hall–Kier alpha value is -1.27. The Morgan fingerprint density at radius 2 is 2.00 bits per heavy atom. The van der Waals surface area contributed by atoms with Crippen LogP contribution in [0.3, 0.4) is 0 Å². The third-order valence-corrected chi connectivity index (χ3v) is 3.39. The largest absolute Gasteiger partial charge is 0.293 e. The second-order valence-corrected chi connectivity index (χ2v) is 5.05. The van der Waals surface area contributed by atoms with Gasteiger partial charge in [0.15, 0.2) is 5.78 Å². The molecule has 0 aliphatic rings. The third-order valence-electron chi connectivity index (χ3n) is 2.02. The molecule has 0 aromatic heterocycles. The molecule has 0 saturated carbocycles. The van der Waals surface area contributed by atoms with Crippen molar-refractivity contribution in [2.24, 2.45) is 5.92 Å². The quantitative estimate of drug-likeness (QED) is 0.734. The minimum Gasteiger partial charge on any atom is -0.293 e. The molecule has 0 radical (unpaired) electrons. The summed E-state index contributed by atoms with van der Waals surface area (Å²) in [6.07, 6.45) is 0. The predicted octanol–water partition coefficient (Wildman–Crippen LogP) is 3.13. The summed E-state index contributed by atoms with van der Waals surface area (Å²) in [6, 6.07) is 8.83. The summed E-state index contributed by atoms with van der Waals surface area (Å²) < 4.78 is 0. The molecule has 0 fully saturated rings. The molecule has 1 rings (SSSR count). The molecule has 1 aromatic rings. The van der Waals surface area contributed by atoms with Gasteiger partial charge in [0.25, 0.3) is 0 Å². The van der Waals surface area contributed by atoms with Crippen molar-refractivity contribution in [3.8, 4) is 6.07 Å². The molecule has 3 heteroatoms. The van der Waals surface area contributed by atoms with E-state index in [0.29, 0.717) is 22.8 Å². The van der Waals surface area contributed by atoms with Gasteiger partial charge in [-0.3, -0.25) is 4.79 Å². The van der Waals surface area contributed by atoms with Crippen molar-refractivity contribution in [1.29, 1.82) is 5.26 Å². The van der Waals surface area contributed by atoms with Crippen molar-refractivity contribution >= 4 is 17.5 Å². The SMILES string of the molecule is CC(C)CSCC(=O)c1ccc(C#N)cc1. The maximum Gasteiger partial charge on any atom is 0.172 e. The summed E-state index contributed by atoms with van der Waals surface area (Å²) in [6.45, 7) is 4.28. The van der Waals surface area contributed by atoms with E-state index in [4.69, 9.17) is 5.26 Å². The van der Waals surface area contributed by atoms with Gasteiger partial charge in [0.2, 0.25) is 0 Å². The first-order valence-corrected chi connectivity index (χ1v) is 6.40. The van der Waals surface area contributed by atoms with Gasteiger partial charge >= 0.3 is 0 Å². The molecular formula is C13H15NOS. The molecule has 0 aliphatic heterocycles. The van der Waals surface area contributed by atoms with Crippen LogP contribution in [0, 0.1) is 17.2 Å². The summed E-state index contributed by atoms with van der Waals surface area (Å²) >= 11 is 1.66. The zero-order chi connectivity index (χ0) is 12.0. The van der Waals surface area contributed by atoms with Gasteiger partial charge in [-0.1, -0.05) is 26.0 Å². The molecule has 16 heavy (non-hydrogen) atoms. The molecule has 0 unspecified atom stereocenters. The van der Waals surface area contributed by atoms with Gasteiger partial charge in [-0.05, 0) is 23.8 Å². The number of Topliss-reactive ketones (excluding diaryl/α,β-unsaturated/α-hetero) is 1. The number of carbonyl (C=O) groups is 1. The minimum atomic E-state index is 0.134. The molecule has 0 saturated heterocycles. The average Bonchev–Trinajstić information content (AvgIpc) is 2.28. The zero-order valence-corrected chi connectivity index (χ0v) is 10.4. The smallest absolute Gasteiger partial charge is 0.172 e. The zero-order valence-electron chi connectivity index (χ0n) is 9.56. The van der Waals surface area contributed by atoms with Gasteiger partial charge in [0.05, 0.1) is 17.4 Å². The van der Waals surface area contributed by atoms with Gasteiger partial charge in [0, 0.05) is 5.56 Å². The second-order valence-electron chi connectivity index (χ2n) is 4.02. The summed E-state index contributed by atoms with van der Waals surface area (Å²) in [5.74, 6) is 2.26. The first-order valence-electron chi connectivity index (χ1n) is 5.24. The van der Waals surface area contributed by atoms with Crippen LogP contribution in [0.25, 0.3) is 0 Å². The Kier molecular flexibility index (Phi) is 5.07. The lowest BCUT2D eigenvalue weighted by Crippen LogP contribution is -2.04. The highest BCUT2D eigenvalue weighted by molar-refractivity contribution is 7.99. The molecule has 0 heterocycles. The van der Waals surface area contributed by atoms with Crippen LogP contribution < -0.4 is 0 Å². The second kappa shape index (κ2) is 6.34. The van der Waals surface area contributed by atoms with Crippen LogP contribution in [-0.2, 0) is 0 Å². The standard InChI is InChI=1S/C13H15NOS/c1-10(2)8-16-9-13(15)12-5-3-11(7-14)4-6-12/h3-6,10H,8-9H2,1-2H3. The number of carbonyl (C=O) groups excluding carboxylic acids is 1. The number of benzene rings is 1. The van der Waals surface area contributed by atoms with Gasteiger partial charge in [0.1, 0.15) is 0 Å².